The monoisotopic (exact) mass is 492 g/mol. The molecule has 1 aliphatic rings. The van der Waals surface area contributed by atoms with Gasteiger partial charge in [0.1, 0.15) is 11.3 Å². The number of methoxy groups -OCH3 is 1. The maximum atomic E-state index is 12.5. The van der Waals surface area contributed by atoms with Gasteiger partial charge in [-0.25, -0.2) is 0 Å². The van der Waals surface area contributed by atoms with Gasteiger partial charge in [-0.3, -0.25) is 9.59 Å². The van der Waals surface area contributed by atoms with Crippen LogP contribution in [0.5, 0.6) is 5.75 Å². The molecule has 1 aromatic carbocycles. The molecule has 3 rings (SSSR count). The Morgan fingerprint density at radius 1 is 1.23 bits per heavy atom. The Kier molecular flexibility index (Phi) is 7.69. The van der Waals surface area contributed by atoms with Crippen molar-refractivity contribution in [1.82, 2.24) is 15.5 Å². The van der Waals surface area contributed by atoms with Crippen LogP contribution in [-0.2, 0) is 21.5 Å². The number of nitrogens with zero attached hydrogens (tertiary/aromatic N) is 2. The third kappa shape index (κ3) is 5.84. The fourth-order valence-corrected chi connectivity index (χ4v) is 4.63. The molecule has 2 amide bonds. The van der Waals surface area contributed by atoms with E-state index in [1.54, 1.807) is 13.2 Å². The van der Waals surface area contributed by atoms with Crippen molar-refractivity contribution >= 4 is 33.4 Å². The molecule has 2 aromatic rings. The minimum Gasteiger partial charge on any atom is -0.495 e. The molecule has 0 bridgehead atoms. The van der Waals surface area contributed by atoms with Crippen LogP contribution in [0.25, 0.3) is 0 Å². The van der Waals surface area contributed by atoms with Crippen LogP contribution in [0.4, 0.5) is 5.69 Å². The summed E-state index contributed by atoms with van der Waals surface area (Å²) >= 11 is 3.43. The van der Waals surface area contributed by atoms with E-state index >= 15 is 0 Å². The predicted octanol–water partition coefficient (Wildman–Crippen LogP) is 4.41. The Labute approximate surface area is 190 Å². The van der Waals surface area contributed by atoms with Crippen LogP contribution >= 0.6 is 15.9 Å². The van der Waals surface area contributed by atoms with Crippen molar-refractivity contribution in [3.8, 4) is 5.75 Å². The third-order valence-electron chi connectivity index (χ3n) is 5.58. The molecule has 0 saturated heterocycles. The van der Waals surface area contributed by atoms with E-state index in [0.29, 0.717) is 29.6 Å². The van der Waals surface area contributed by atoms with E-state index in [0.717, 1.165) is 48.6 Å². The molecular weight excluding hydrogens is 464 g/mol. The SMILES string of the molecule is COc1cc(Br)cc(C)c1NC(=O)CCc1nc(C2(NC(C)=O)CCCCCC2)no1. The van der Waals surface area contributed by atoms with Gasteiger partial charge in [-0.2, -0.15) is 4.98 Å². The smallest absolute Gasteiger partial charge is 0.227 e. The first kappa shape index (κ1) is 23.2. The molecule has 1 fully saturated rings. The van der Waals surface area contributed by atoms with Crippen LogP contribution in [0.3, 0.4) is 0 Å². The fraction of sp³-hybridized carbons (Fsp3) is 0.545. The second-order valence-corrected chi connectivity index (χ2v) is 8.95. The lowest BCUT2D eigenvalue weighted by atomic mass is 9.89. The Bertz CT molecular complexity index is 936. The number of benzene rings is 1. The molecule has 1 heterocycles. The quantitative estimate of drug-likeness (QED) is 0.554. The number of aromatic nitrogens is 2. The number of rotatable bonds is 7. The second-order valence-electron chi connectivity index (χ2n) is 8.04. The summed E-state index contributed by atoms with van der Waals surface area (Å²) in [6.45, 7) is 3.41. The number of halogens is 1. The fourth-order valence-electron chi connectivity index (χ4n) is 4.08. The standard InChI is InChI=1S/C22H29BrN4O4/c1-14-12-16(23)13-17(30-3)20(14)24-18(29)8-9-19-25-21(27-31-19)22(26-15(2)28)10-6-4-5-7-11-22/h12-13H,4-11H2,1-3H3,(H,24,29)(H,26,28). The average molecular weight is 493 g/mol. The van der Waals surface area contributed by atoms with E-state index in [2.05, 4.69) is 36.7 Å². The lowest BCUT2D eigenvalue weighted by Crippen LogP contribution is -2.45. The molecule has 0 spiro atoms. The summed E-state index contributed by atoms with van der Waals surface area (Å²) in [5.41, 5.74) is 0.948. The molecule has 1 aliphatic carbocycles. The number of amides is 2. The van der Waals surface area contributed by atoms with Crippen LogP contribution < -0.4 is 15.4 Å². The predicted molar refractivity (Wildman–Crippen MR) is 120 cm³/mol. The maximum Gasteiger partial charge on any atom is 0.227 e. The van der Waals surface area contributed by atoms with Crippen LogP contribution in [0.15, 0.2) is 21.1 Å². The first-order chi connectivity index (χ1) is 14.8. The van der Waals surface area contributed by atoms with E-state index < -0.39 is 5.54 Å². The Hall–Kier alpha value is -2.42. The highest BCUT2D eigenvalue weighted by molar-refractivity contribution is 9.10. The molecule has 1 aromatic heterocycles. The van der Waals surface area contributed by atoms with Gasteiger partial charge in [-0.15, -0.1) is 0 Å². The maximum absolute atomic E-state index is 12.5. The zero-order valence-corrected chi connectivity index (χ0v) is 19.8. The average Bonchev–Trinajstić information content (AvgIpc) is 3.08. The van der Waals surface area contributed by atoms with Crippen LogP contribution in [-0.4, -0.2) is 29.1 Å². The minimum absolute atomic E-state index is 0.105. The van der Waals surface area contributed by atoms with Crippen molar-refractivity contribution in [2.24, 2.45) is 0 Å². The number of nitrogens with one attached hydrogen (secondary N) is 2. The molecule has 0 atom stereocenters. The Morgan fingerprint density at radius 2 is 1.94 bits per heavy atom. The lowest BCUT2D eigenvalue weighted by molar-refractivity contribution is -0.121. The van der Waals surface area contributed by atoms with Gasteiger partial charge in [0.25, 0.3) is 0 Å². The number of anilines is 1. The Balaban J connectivity index is 1.67. The van der Waals surface area contributed by atoms with Crippen LogP contribution in [0, 0.1) is 6.92 Å². The van der Waals surface area contributed by atoms with E-state index in [1.807, 2.05) is 13.0 Å². The first-order valence-corrected chi connectivity index (χ1v) is 11.4. The summed E-state index contributed by atoms with van der Waals surface area (Å²) in [6, 6.07) is 3.72. The molecule has 2 N–H and O–H groups in total. The van der Waals surface area contributed by atoms with E-state index in [-0.39, 0.29) is 18.2 Å². The van der Waals surface area contributed by atoms with E-state index in [1.165, 1.54) is 6.92 Å². The lowest BCUT2D eigenvalue weighted by Gasteiger charge is -2.30. The zero-order chi connectivity index (χ0) is 22.4. The number of hydrogen-bond acceptors (Lipinski definition) is 6. The third-order valence-corrected chi connectivity index (χ3v) is 6.04. The van der Waals surface area contributed by atoms with Gasteiger partial charge in [-0.05, 0) is 37.5 Å². The van der Waals surface area contributed by atoms with Crippen molar-refractivity contribution in [3.05, 3.63) is 33.9 Å². The molecule has 0 unspecified atom stereocenters. The summed E-state index contributed by atoms with van der Waals surface area (Å²) < 4.78 is 11.7. The highest BCUT2D eigenvalue weighted by atomic mass is 79.9. The molecule has 168 valence electrons. The molecule has 0 radical (unpaired) electrons. The van der Waals surface area contributed by atoms with Crippen LogP contribution in [0.1, 0.15) is 69.1 Å². The van der Waals surface area contributed by atoms with Crippen molar-refractivity contribution in [2.75, 3.05) is 12.4 Å². The molecule has 9 heteroatoms. The van der Waals surface area contributed by atoms with Crippen molar-refractivity contribution in [1.29, 1.82) is 0 Å². The van der Waals surface area contributed by atoms with Crippen LogP contribution in [0.2, 0.25) is 0 Å². The summed E-state index contributed by atoms with van der Waals surface area (Å²) in [4.78, 5) is 28.9. The number of carbonyl (C=O) groups is 2. The van der Waals surface area contributed by atoms with Gasteiger partial charge in [0.15, 0.2) is 5.82 Å². The molecule has 1 saturated carbocycles. The molecular formula is C22H29BrN4O4. The normalized spacial score (nSPS) is 15.7. The first-order valence-electron chi connectivity index (χ1n) is 10.6. The summed E-state index contributed by atoms with van der Waals surface area (Å²) in [5.74, 6) is 1.20. The number of ether oxygens (including phenoxy) is 1. The highest BCUT2D eigenvalue weighted by Gasteiger charge is 2.38. The number of carbonyl (C=O) groups excluding carboxylic acids is 2. The highest BCUT2D eigenvalue weighted by Crippen LogP contribution is 2.35. The number of aryl methyl sites for hydroxylation is 2. The number of hydrogen-bond donors (Lipinski definition) is 2. The summed E-state index contributed by atoms with van der Waals surface area (Å²) in [5, 5.41) is 10.1. The van der Waals surface area contributed by atoms with E-state index in [9.17, 15) is 9.59 Å². The molecule has 8 nitrogen and oxygen atoms in total. The van der Waals surface area contributed by atoms with Crippen molar-refractivity contribution in [3.63, 3.8) is 0 Å². The second kappa shape index (κ2) is 10.3. The Morgan fingerprint density at radius 3 is 2.58 bits per heavy atom. The van der Waals surface area contributed by atoms with Gasteiger partial charge in [0.2, 0.25) is 17.7 Å². The van der Waals surface area contributed by atoms with Gasteiger partial charge in [-0.1, -0.05) is 46.8 Å². The van der Waals surface area contributed by atoms with Gasteiger partial charge in [0.05, 0.1) is 12.8 Å². The van der Waals surface area contributed by atoms with Crippen molar-refractivity contribution < 1.29 is 18.8 Å². The molecule has 31 heavy (non-hydrogen) atoms. The summed E-state index contributed by atoms with van der Waals surface area (Å²) in [7, 11) is 1.56. The van der Waals surface area contributed by atoms with Gasteiger partial charge in [0, 0.05) is 24.2 Å². The van der Waals surface area contributed by atoms with Gasteiger partial charge < -0.3 is 19.9 Å². The largest absolute Gasteiger partial charge is 0.495 e. The molecule has 0 aliphatic heterocycles. The summed E-state index contributed by atoms with van der Waals surface area (Å²) in [6.07, 6.45) is 6.34. The minimum atomic E-state index is -0.589. The topological polar surface area (TPSA) is 106 Å². The van der Waals surface area contributed by atoms with Crippen molar-refractivity contribution in [2.45, 2.75) is 70.8 Å². The zero-order valence-electron chi connectivity index (χ0n) is 18.2. The van der Waals surface area contributed by atoms with Gasteiger partial charge >= 0.3 is 0 Å². The van der Waals surface area contributed by atoms with E-state index in [4.69, 9.17) is 9.26 Å².